The number of rotatable bonds is 8. The summed E-state index contributed by atoms with van der Waals surface area (Å²) in [6.07, 6.45) is 0. The van der Waals surface area contributed by atoms with E-state index in [9.17, 15) is 0 Å². The van der Waals surface area contributed by atoms with E-state index in [2.05, 4.69) is 276 Å². The van der Waals surface area contributed by atoms with Crippen molar-refractivity contribution in [1.82, 2.24) is 4.57 Å². The molecule has 2 heteroatoms. The van der Waals surface area contributed by atoms with Gasteiger partial charge >= 0.3 is 0 Å². The minimum atomic E-state index is -0.478. The first-order valence-corrected chi connectivity index (χ1v) is 23.9. The van der Waals surface area contributed by atoms with Gasteiger partial charge in [0.05, 0.1) is 22.1 Å². The standard InChI is InChI=1S/C67H44N2/c1-5-17-45(18-6-1)49-19-15-26-55(43-49)68(53-24-11-4-12-25-53)54-38-35-47(36-39-54)46-31-33-48(34-32-46)50-37-40-57-59-41-42-61-65-64-58(56-27-13-14-30-62(56)69(66(59)65)63(57)44-50)28-16-29-60(64)67(61,51-20-7-2-8-21-51)52-22-9-3-10-23-52/h1-44H. The molecule has 11 aromatic carbocycles. The number of hydrogen-bond acceptors (Lipinski definition) is 1. The van der Waals surface area contributed by atoms with Crippen LogP contribution in [-0.2, 0) is 5.41 Å². The molecule has 1 aromatic heterocycles. The number of aromatic nitrogens is 1. The molecule has 0 amide bonds. The zero-order valence-electron chi connectivity index (χ0n) is 37.8. The number of fused-ring (bicyclic) bond motifs is 6. The van der Waals surface area contributed by atoms with Crippen LogP contribution in [0.5, 0.6) is 0 Å². The van der Waals surface area contributed by atoms with Crippen LogP contribution in [0, 0.1) is 0 Å². The molecule has 322 valence electrons. The first kappa shape index (κ1) is 39.2. The van der Waals surface area contributed by atoms with Gasteiger partial charge in [0.2, 0.25) is 0 Å². The van der Waals surface area contributed by atoms with E-state index in [1.54, 1.807) is 0 Å². The minimum Gasteiger partial charge on any atom is -0.310 e. The fraction of sp³-hybridized carbons (Fsp3) is 0.0149. The topological polar surface area (TPSA) is 8.17 Å². The molecular weight excluding hydrogens is 833 g/mol. The molecule has 0 saturated heterocycles. The number of para-hydroxylation sites is 2. The van der Waals surface area contributed by atoms with Gasteiger partial charge in [-0.3, -0.25) is 0 Å². The van der Waals surface area contributed by atoms with Crippen LogP contribution in [0.3, 0.4) is 0 Å². The summed E-state index contributed by atoms with van der Waals surface area (Å²) >= 11 is 0. The predicted molar refractivity (Wildman–Crippen MR) is 288 cm³/mol. The fourth-order valence-electron chi connectivity index (χ4n) is 11.8. The fourth-order valence-corrected chi connectivity index (χ4v) is 11.8. The van der Waals surface area contributed by atoms with E-state index in [0.29, 0.717) is 0 Å². The van der Waals surface area contributed by atoms with Gasteiger partial charge in [0.1, 0.15) is 0 Å². The van der Waals surface area contributed by atoms with Gasteiger partial charge in [0.25, 0.3) is 0 Å². The molecule has 14 rings (SSSR count). The summed E-state index contributed by atoms with van der Waals surface area (Å²) in [6.45, 7) is 0. The summed E-state index contributed by atoms with van der Waals surface area (Å²) in [5.74, 6) is 0. The molecule has 69 heavy (non-hydrogen) atoms. The van der Waals surface area contributed by atoms with E-state index in [-0.39, 0.29) is 0 Å². The molecule has 12 aromatic rings. The van der Waals surface area contributed by atoms with Crippen LogP contribution >= 0.6 is 0 Å². The molecule has 0 atom stereocenters. The van der Waals surface area contributed by atoms with Crippen molar-refractivity contribution in [2.75, 3.05) is 4.90 Å². The summed E-state index contributed by atoms with van der Waals surface area (Å²) in [5, 5.41) is 2.54. The molecule has 0 bridgehead atoms. The van der Waals surface area contributed by atoms with Crippen LogP contribution in [-0.4, -0.2) is 4.57 Å². The first-order chi connectivity index (χ1) is 34.2. The lowest BCUT2D eigenvalue weighted by molar-refractivity contribution is 0.769. The first-order valence-electron chi connectivity index (χ1n) is 23.9. The van der Waals surface area contributed by atoms with E-state index in [0.717, 1.165) is 17.1 Å². The lowest BCUT2D eigenvalue weighted by atomic mass is 9.67. The van der Waals surface area contributed by atoms with Crippen molar-refractivity contribution in [2.24, 2.45) is 0 Å². The highest BCUT2D eigenvalue weighted by Crippen LogP contribution is 2.62. The van der Waals surface area contributed by atoms with Crippen molar-refractivity contribution < 1.29 is 0 Å². The van der Waals surface area contributed by atoms with Crippen LogP contribution in [0.15, 0.2) is 267 Å². The van der Waals surface area contributed by atoms with Gasteiger partial charge in [-0.1, -0.05) is 218 Å². The van der Waals surface area contributed by atoms with Crippen LogP contribution < -0.4 is 4.90 Å². The van der Waals surface area contributed by atoms with Crippen molar-refractivity contribution in [3.63, 3.8) is 0 Å². The van der Waals surface area contributed by atoms with Gasteiger partial charge in [-0.2, -0.15) is 0 Å². The summed E-state index contributed by atoms with van der Waals surface area (Å²) in [5.41, 5.74) is 24.2. The van der Waals surface area contributed by atoms with E-state index in [1.807, 2.05) is 0 Å². The van der Waals surface area contributed by atoms with Crippen molar-refractivity contribution >= 4 is 38.9 Å². The van der Waals surface area contributed by atoms with Gasteiger partial charge in [0.15, 0.2) is 0 Å². The molecule has 1 aliphatic heterocycles. The van der Waals surface area contributed by atoms with Crippen molar-refractivity contribution in [2.45, 2.75) is 5.41 Å². The van der Waals surface area contributed by atoms with Gasteiger partial charge in [0, 0.05) is 39.0 Å². The maximum Gasteiger partial charge on any atom is 0.0714 e. The van der Waals surface area contributed by atoms with Crippen molar-refractivity contribution in [1.29, 1.82) is 0 Å². The molecule has 0 saturated carbocycles. The molecule has 1 aliphatic carbocycles. The predicted octanol–water partition coefficient (Wildman–Crippen LogP) is 17.6. The number of anilines is 3. The highest BCUT2D eigenvalue weighted by molar-refractivity contribution is 6.19. The van der Waals surface area contributed by atoms with E-state index in [1.165, 1.54) is 105 Å². The summed E-state index contributed by atoms with van der Waals surface area (Å²) < 4.78 is 2.57. The second-order valence-electron chi connectivity index (χ2n) is 18.4. The van der Waals surface area contributed by atoms with Gasteiger partial charge in [-0.05, 0) is 115 Å². The van der Waals surface area contributed by atoms with Gasteiger partial charge in [-0.15, -0.1) is 0 Å². The molecule has 0 fully saturated rings. The Hall–Kier alpha value is -8.98. The largest absolute Gasteiger partial charge is 0.310 e. The molecule has 2 nitrogen and oxygen atoms in total. The van der Waals surface area contributed by atoms with Gasteiger partial charge < -0.3 is 9.47 Å². The maximum atomic E-state index is 2.57. The maximum absolute atomic E-state index is 2.57. The third-order valence-electron chi connectivity index (χ3n) is 14.8. The Balaban J connectivity index is 0.875. The Kier molecular flexibility index (Phi) is 8.84. The Labute approximate surface area is 402 Å². The highest BCUT2D eigenvalue weighted by atomic mass is 15.1. The monoisotopic (exact) mass is 876 g/mol. The Morgan fingerprint density at radius 1 is 0.304 bits per heavy atom. The summed E-state index contributed by atoms with van der Waals surface area (Å²) in [7, 11) is 0. The Bertz CT molecular complexity index is 3870. The third-order valence-corrected chi connectivity index (χ3v) is 14.8. The van der Waals surface area contributed by atoms with E-state index < -0.39 is 5.41 Å². The average Bonchev–Trinajstić information content (AvgIpc) is 3.88. The Morgan fingerprint density at radius 2 is 0.783 bits per heavy atom. The van der Waals surface area contributed by atoms with Crippen molar-refractivity contribution in [3.05, 3.63) is 289 Å². The van der Waals surface area contributed by atoms with Crippen LogP contribution in [0.4, 0.5) is 17.1 Å². The SMILES string of the molecule is c1ccc(-c2cccc(N(c3ccccc3)c3ccc(-c4ccc(-c5ccc6c7ccc8c9c7n(c6c5)-c5ccccc5-c5cccc(c5-9)C8(c5ccccc5)c5ccccc5)cc4)cc3)c2)cc1. The molecular formula is C67H44N2. The van der Waals surface area contributed by atoms with Gasteiger partial charge in [-0.25, -0.2) is 0 Å². The Morgan fingerprint density at radius 3 is 1.49 bits per heavy atom. The summed E-state index contributed by atoms with van der Waals surface area (Å²) in [4.78, 5) is 2.34. The van der Waals surface area contributed by atoms with Crippen LogP contribution in [0.2, 0.25) is 0 Å². The molecule has 2 aliphatic rings. The molecule has 2 heterocycles. The molecule has 0 spiro atoms. The van der Waals surface area contributed by atoms with Crippen LogP contribution in [0.1, 0.15) is 22.3 Å². The molecule has 0 radical (unpaired) electrons. The lowest BCUT2D eigenvalue weighted by Gasteiger charge is -2.34. The second-order valence-corrected chi connectivity index (χ2v) is 18.4. The minimum absolute atomic E-state index is 0.478. The highest BCUT2D eigenvalue weighted by Gasteiger charge is 2.49. The molecule has 0 N–H and O–H groups in total. The third kappa shape index (κ3) is 5.92. The zero-order chi connectivity index (χ0) is 45.5. The van der Waals surface area contributed by atoms with Crippen LogP contribution in [0.25, 0.3) is 83.1 Å². The lowest BCUT2D eigenvalue weighted by Crippen LogP contribution is -2.28. The molecule has 0 unspecified atom stereocenters. The van der Waals surface area contributed by atoms with E-state index >= 15 is 0 Å². The zero-order valence-corrected chi connectivity index (χ0v) is 37.8. The quantitative estimate of drug-likeness (QED) is 0.148. The smallest absolute Gasteiger partial charge is 0.0714 e. The van der Waals surface area contributed by atoms with Crippen molar-refractivity contribution in [3.8, 4) is 61.3 Å². The number of benzene rings is 11. The number of hydrogen-bond donors (Lipinski definition) is 0. The normalized spacial score (nSPS) is 12.8. The summed E-state index contributed by atoms with van der Waals surface area (Å²) in [6, 6.07) is 98.3. The number of nitrogens with zero attached hydrogens (tertiary/aromatic N) is 2. The van der Waals surface area contributed by atoms with E-state index in [4.69, 9.17) is 0 Å². The second kappa shape index (κ2) is 15.6. The average molecular weight is 877 g/mol.